The third-order valence-electron chi connectivity index (χ3n) is 1.34. The molecular weight excluding hydrogens is 130 g/mol. The van der Waals surface area contributed by atoms with Gasteiger partial charge in [0, 0.05) is 6.20 Å². The van der Waals surface area contributed by atoms with Crippen LogP contribution in [0.15, 0.2) is 24.5 Å². The van der Waals surface area contributed by atoms with E-state index in [1.54, 1.807) is 12.1 Å². The molecule has 2 heterocycles. The standard InChI is InChI=1S/C6H5N3O/c10-9-3-1-2-5-6(9)4-7-8-5/h1-4,10H. The van der Waals surface area contributed by atoms with Crippen LogP contribution in [0.2, 0.25) is 0 Å². The quantitative estimate of drug-likeness (QED) is 0.539. The van der Waals surface area contributed by atoms with Gasteiger partial charge in [-0.1, -0.05) is 0 Å². The molecule has 0 saturated carbocycles. The Kier molecular flexibility index (Phi) is 0.887. The number of rotatable bonds is 0. The van der Waals surface area contributed by atoms with Crippen molar-refractivity contribution in [3.05, 3.63) is 24.5 Å². The molecule has 4 nitrogen and oxygen atoms in total. The Hall–Kier alpha value is -1.58. The van der Waals surface area contributed by atoms with E-state index in [2.05, 4.69) is 10.2 Å². The van der Waals surface area contributed by atoms with E-state index in [9.17, 15) is 0 Å². The van der Waals surface area contributed by atoms with Crippen LogP contribution in [0, 0.1) is 0 Å². The van der Waals surface area contributed by atoms with Gasteiger partial charge in [-0.2, -0.15) is 9.83 Å². The van der Waals surface area contributed by atoms with Gasteiger partial charge in [-0.05, 0) is 12.1 Å². The van der Waals surface area contributed by atoms with Crippen molar-refractivity contribution in [1.82, 2.24) is 14.9 Å². The maximum atomic E-state index is 9.10. The lowest BCUT2D eigenvalue weighted by molar-refractivity contribution is 0.189. The monoisotopic (exact) mass is 135 g/mol. The number of nitrogens with zero attached hydrogens (tertiary/aromatic N) is 3. The molecule has 50 valence electrons. The van der Waals surface area contributed by atoms with Crippen LogP contribution in [0.4, 0.5) is 0 Å². The minimum atomic E-state index is 0.627. The van der Waals surface area contributed by atoms with Crippen LogP contribution in [0.5, 0.6) is 0 Å². The average molecular weight is 135 g/mol. The summed E-state index contributed by atoms with van der Waals surface area (Å²) in [6.45, 7) is 0. The first kappa shape index (κ1) is 5.22. The van der Waals surface area contributed by atoms with E-state index < -0.39 is 0 Å². The summed E-state index contributed by atoms with van der Waals surface area (Å²) >= 11 is 0. The number of aromatic nitrogens is 3. The Morgan fingerprint density at radius 1 is 1.50 bits per heavy atom. The molecule has 2 aliphatic heterocycles. The summed E-state index contributed by atoms with van der Waals surface area (Å²) in [5, 5.41) is 16.5. The van der Waals surface area contributed by atoms with Gasteiger partial charge in [0.15, 0.2) is 0 Å². The van der Waals surface area contributed by atoms with Crippen LogP contribution in [-0.2, 0) is 0 Å². The summed E-state index contributed by atoms with van der Waals surface area (Å²) in [6, 6.07) is 3.49. The van der Waals surface area contributed by atoms with Gasteiger partial charge in [-0.15, -0.1) is 5.10 Å². The number of fused-ring (bicyclic) bond motifs is 1. The van der Waals surface area contributed by atoms with Crippen LogP contribution >= 0.6 is 0 Å². The van der Waals surface area contributed by atoms with Crippen molar-refractivity contribution < 1.29 is 5.21 Å². The minimum absolute atomic E-state index is 0.627. The first-order valence-corrected chi connectivity index (χ1v) is 2.86. The molecule has 0 saturated heterocycles. The van der Waals surface area contributed by atoms with Crippen LogP contribution in [0.25, 0.3) is 11.4 Å². The molecule has 0 atom stereocenters. The largest absolute Gasteiger partial charge is 0.428 e. The second-order valence-corrected chi connectivity index (χ2v) is 1.97. The van der Waals surface area contributed by atoms with Crippen molar-refractivity contribution in [1.29, 1.82) is 0 Å². The van der Waals surface area contributed by atoms with E-state index in [0.29, 0.717) is 11.4 Å². The first-order chi connectivity index (χ1) is 4.88. The van der Waals surface area contributed by atoms with Gasteiger partial charge in [-0.3, -0.25) is 0 Å². The fraction of sp³-hybridized carbons (Fsp3) is 0. The zero-order valence-electron chi connectivity index (χ0n) is 5.10. The summed E-state index contributed by atoms with van der Waals surface area (Å²) in [6.07, 6.45) is 3.04. The average Bonchev–Trinajstić information content (AvgIpc) is 2.36. The number of hydrogen-bond acceptors (Lipinski definition) is 3. The smallest absolute Gasteiger partial charge is 0.127 e. The maximum Gasteiger partial charge on any atom is 0.127 e. The van der Waals surface area contributed by atoms with Crippen molar-refractivity contribution in [2.24, 2.45) is 0 Å². The van der Waals surface area contributed by atoms with Crippen LogP contribution < -0.4 is 0 Å². The zero-order valence-corrected chi connectivity index (χ0v) is 5.10. The lowest BCUT2D eigenvalue weighted by Gasteiger charge is -1.99. The molecule has 2 aliphatic rings. The maximum absolute atomic E-state index is 9.10. The first-order valence-electron chi connectivity index (χ1n) is 2.86. The summed E-state index contributed by atoms with van der Waals surface area (Å²) in [5.41, 5.74) is 1.33. The molecule has 10 heavy (non-hydrogen) atoms. The minimum Gasteiger partial charge on any atom is -0.428 e. The summed E-state index contributed by atoms with van der Waals surface area (Å²) in [7, 11) is 0. The molecule has 0 bridgehead atoms. The van der Waals surface area contributed by atoms with Gasteiger partial charge in [0.05, 0.1) is 6.20 Å². The van der Waals surface area contributed by atoms with E-state index in [1.165, 1.54) is 12.4 Å². The van der Waals surface area contributed by atoms with Crippen molar-refractivity contribution in [2.75, 3.05) is 0 Å². The van der Waals surface area contributed by atoms with Crippen molar-refractivity contribution in [3.8, 4) is 11.4 Å². The second-order valence-electron chi connectivity index (χ2n) is 1.97. The van der Waals surface area contributed by atoms with E-state index in [0.717, 1.165) is 4.73 Å². The number of pyridine rings is 1. The van der Waals surface area contributed by atoms with Crippen LogP contribution in [0.3, 0.4) is 0 Å². The number of hydrogen-bond donors (Lipinski definition) is 1. The van der Waals surface area contributed by atoms with Gasteiger partial charge >= 0.3 is 0 Å². The highest BCUT2D eigenvalue weighted by Gasteiger charge is 2.05. The fourth-order valence-corrected chi connectivity index (χ4v) is 0.854. The molecule has 1 N–H and O–H groups in total. The van der Waals surface area contributed by atoms with Crippen LogP contribution in [0.1, 0.15) is 0 Å². The van der Waals surface area contributed by atoms with Crippen LogP contribution in [-0.4, -0.2) is 20.1 Å². The Morgan fingerprint density at radius 2 is 2.40 bits per heavy atom. The third kappa shape index (κ3) is 0.556. The molecule has 0 radical (unpaired) electrons. The Labute approximate surface area is 57.0 Å². The SMILES string of the molecule is On1cccc2nncc1-2. The topological polar surface area (TPSA) is 50.9 Å². The van der Waals surface area contributed by atoms with Crippen molar-refractivity contribution in [3.63, 3.8) is 0 Å². The summed E-state index contributed by atoms with van der Waals surface area (Å²) in [4.78, 5) is 0. The molecule has 4 heteroatoms. The van der Waals surface area contributed by atoms with E-state index in [-0.39, 0.29) is 0 Å². The highest BCUT2D eigenvalue weighted by molar-refractivity contribution is 5.53. The van der Waals surface area contributed by atoms with Gasteiger partial charge < -0.3 is 5.21 Å². The van der Waals surface area contributed by atoms with Gasteiger partial charge in [0.2, 0.25) is 0 Å². The lowest BCUT2D eigenvalue weighted by Crippen LogP contribution is -1.94. The van der Waals surface area contributed by atoms with E-state index >= 15 is 0 Å². The normalized spacial score (nSPS) is 10.4. The predicted octanol–water partition coefficient (Wildman–Crippen LogP) is 0.620. The molecule has 0 fully saturated rings. The molecule has 0 aromatic carbocycles. The third-order valence-corrected chi connectivity index (χ3v) is 1.34. The van der Waals surface area contributed by atoms with Gasteiger partial charge in [-0.25, -0.2) is 0 Å². The predicted molar refractivity (Wildman–Crippen MR) is 33.8 cm³/mol. The highest BCUT2D eigenvalue weighted by Crippen LogP contribution is 2.14. The van der Waals surface area contributed by atoms with Gasteiger partial charge in [0.1, 0.15) is 11.4 Å². The van der Waals surface area contributed by atoms with Crippen molar-refractivity contribution in [2.45, 2.75) is 0 Å². The summed E-state index contributed by atoms with van der Waals surface area (Å²) < 4.78 is 0.995. The van der Waals surface area contributed by atoms with E-state index in [4.69, 9.17) is 5.21 Å². The lowest BCUT2D eigenvalue weighted by atomic mass is 10.3. The Bertz CT molecular complexity index is 317. The Balaban J connectivity index is 2.80. The molecule has 0 aromatic heterocycles. The Morgan fingerprint density at radius 3 is 3.20 bits per heavy atom. The molecule has 0 amide bonds. The van der Waals surface area contributed by atoms with E-state index in [1.807, 2.05) is 0 Å². The molecule has 0 spiro atoms. The van der Waals surface area contributed by atoms with Crippen molar-refractivity contribution >= 4 is 0 Å². The highest BCUT2D eigenvalue weighted by atomic mass is 16.5. The molecule has 0 unspecified atom stereocenters. The zero-order chi connectivity index (χ0) is 6.97. The molecular formula is C6H5N3O. The summed E-state index contributed by atoms with van der Waals surface area (Å²) in [5.74, 6) is 0. The molecule has 0 aliphatic carbocycles. The second kappa shape index (κ2) is 1.70. The van der Waals surface area contributed by atoms with Gasteiger partial charge in [0.25, 0.3) is 0 Å². The fourth-order valence-electron chi connectivity index (χ4n) is 0.854. The molecule has 0 aromatic rings. The molecule has 2 rings (SSSR count).